The molecule has 4 heteroatoms. The number of halogens is 3. The van der Waals surface area contributed by atoms with E-state index < -0.39 is 6.17 Å². The second-order valence-corrected chi connectivity index (χ2v) is 6.22. The van der Waals surface area contributed by atoms with Crippen LogP contribution in [-0.4, -0.2) is 19.3 Å². The van der Waals surface area contributed by atoms with Crippen molar-refractivity contribution in [1.82, 2.24) is 5.32 Å². The third-order valence-electron chi connectivity index (χ3n) is 3.54. The fraction of sp³-hybridized carbons (Fsp3) is 0.571. The zero-order valence-corrected chi connectivity index (χ0v) is 12.6. The van der Waals surface area contributed by atoms with Gasteiger partial charge in [-0.1, -0.05) is 27.5 Å². The van der Waals surface area contributed by atoms with Gasteiger partial charge in [0.25, 0.3) is 0 Å². The van der Waals surface area contributed by atoms with E-state index in [-0.39, 0.29) is 5.92 Å². The van der Waals surface area contributed by atoms with Crippen LogP contribution in [-0.2, 0) is 6.42 Å². The highest BCUT2D eigenvalue weighted by atomic mass is 79.9. The molecule has 1 aliphatic rings. The van der Waals surface area contributed by atoms with Crippen LogP contribution >= 0.6 is 27.5 Å². The van der Waals surface area contributed by atoms with Gasteiger partial charge in [-0.2, -0.15) is 0 Å². The minimum atomic E-state index is -0.635. The summed E-state index contributed by atoms with van der Waals surface area (Å²) < 4.78 is 14.7. The Labute approximate surface area is 121 Å². The number of nitrogens with one attached hydrogen (secondary N) is 1. The van der Waals surface area contributed by atoms with Gasteiger partial charge in [-0.3, -0.25) is 0 Å². The smallest absolute Gasteiger partial charge is 0.105 e. The average Bonchev–Trinajstić information content (AvgIpc) is 2.36. The van der Waals surface area contributed by atoms with Gasteiger partial charge in [-0.15, -0.1) is 0 Å². The summed E-state index contributed by atoms with van der Waals surface area (Å²) in [6.07, 6.45) is 2.85. The molecule has 0 spiro atoms. The van der Waals surface area contributed by atoms with Crippen molar-refractivity contribution < 1.29 is 4.39 Å². The van der Waals surface area contributed by atoms with E-state index in [4.69, 9.17) is 11.6 Å². The number of alkyl halides is 1. The number of hydrogen-bond acceptors (Lipinski definition) is 1. The van der Waals surface area contributed by atoms with Crippen molar-refractivity contribution in [2.45, 2.75) is 31.9 Å². The molecule has 1 heterocycles. The first-order valence-corrected chi connectivity index (χ1v) is 7.62. The molecule has 18 heavy (non-hydrogen) atoms. The maximum atomic E-state index is 13.6. The molecule has 0 saturated carbocycles. The molecule has 0 bridgehead atoms. The van der Waals surface area contributed by atoms with E-state index in [2.05, 4.69) is 21.2 Å². The summed E-state index contributed by atoms with van der Waals surface area (Å²) in [6.45, 7) is 1.63. The van der Waals surface area contributed by atoms with Gasteiger partial charge in [-0.25, -0.2) is 4.39 Å². The van der Waals surface area contributed by atoms with Crippen molar-refractivity contribution in [1.29, 1.82) is 0 Å². The van der Waals surface area contributed by atoms with Gasteiger partial charge in [0.1, 0.15) is 6.17 Å². The highest BCUT2D eigenvalue weighted by Crippen LogP contribution is 2.25. The van der Waals surface area contributed by atoms with Crippen molar-refractivity contribution in [2.24, 2.45) is 5.92 Å². The summed E-state index contributed by atoms with van der Waals surface area (Å²) in [5, 5.41) is 4.06. The number of hydrogen-bond donors (Lipinski definition) is 1. The fourth-order valence-electron chi connectivity index (χ4n) is 2.46. The van der Waals surface area contributed by atoms with Crippen molar-refractivity contribution in [3.05, 3.63) is 33.3 Å². The first-order chi connectivity index (χ1) is 8.66. The molecule has 0 radical (unpaired) electrons. The summed E-state index contributed by atoms with van der Waals surface area (Å²) in [6, 6.07) is 5.89. The summed E-state index contributed by atoms with van der Waals surface area (Å²) in [7, 11) is 0. The van der Waals surface area contributed by atoms with Gasteiger partial charge < -0.3 is 5.32 Å². The van der Waals surface area contributed by atoms with E-state index in [9.17, 15) is 4.39 Å². The van der Waals surface area contributed by atoms with Gasteiger partial charge in [0, 0.05) is 22.0 Å². The molecule has 0 aromatic heterocycles. The van der Waals surface area contributed by atoms with E-state index in [0.29, 0.717) is 6.42 Å². The quantitative estimate of drug-likeness (QED) is 0.862. The Balaban J connectivity index is 1.82. The third-order valence-corrected chi connectivity index (χ3v) is 4.41. The molecule has 1 aromatic carbocycles. The molecular weight excluding hydrogens is 317 g/mol. The van der Waals surface area contributed by atoms with Crippen LogP contribution in [0.15, 0.2) is 22.7 Å². The summed E-state index contributed by atoms with van der Waals surface area (Å²) in [5.74, 6) is 0.171. The standard InChI is InChI=1S/C14H18BrClFN/c15-12-4-5-13(16)10(8-12)2-1-3-11-9-18-7-6-14(11)17/h4-5,8,11,14,18H,1-3,6-7,9H2/t11-,14-/m0/s1. The Morgan fingerprint density at radius 3 is 3.06 bits per heavy atom. The molecule has 1 nitrogen and oxygen atoms in total. The maximum absolute atomic E-state index is 13.6. The lowest BCUT2D eigenvalue weighted by Gasteiger charge is -2.26. The SMILES string of the molecule is F[C@H]1CCNC[C@@H]1CCCc1cc(Br)ccc1Cl. The monoisotopic (exact) mass is 333 g/mol. The van der Waals surface area contributed by atoms with Gasteiger partial charge in [-0.05, 0) is 56.0 Å². The van der Waals surface area contributed by atoms with Crippen molar-refractivity contribution in [3.63, 3.8) is 0 Å². The summed E-state index contributed by atoms with van der Waals surface area (Å²) >= 11 is 9.58. The van der Waals surface area contributed by atoms with E-state index in [1.165, 1.54) is 0 Å². The average molecular weight is 335 g/mol. The molecule has 1 fully saturated rings. The zero-order chi connectivity index (χ0) is 13.0. The van der Waals surface area contributed by atoms with E-state index in [1.807, 2.05) is 18.2 Å². The Morgan fingerprint density at radius 2 is 2.28 bits per heavy atom. The minimum absolute atomic E-state index is 0.171. The molecule has 1 aromatic rings. The fourth-order valence-corrected chi connectivity index (χ4v) is 3.08. The van der Waals surface area contributed by atoms with Crippen LogP contribution in [0.4, 0.5) is 4.39 Å². The number of benzene rings is 1. The topological polar surface area (TPSA) is 12.0 Å². The van der Waals surface area contributed by atoms with E-state index in [1.54, 1.807) is 0 Å². The summed E-state index contributed by atoms with van der Waals surface area (Å²) in [4.78, 5) is 0. The van der Waals surface area contributed by atoms with Crippen molar-refractivity contribution >= 4 is 27.5 Å². The largest absolute Gasteiger partial charge is 0.316 e. The van der Waals surface area contributed by atoms with Gasteiger partial charge in [0.15, 0.2) is 0 Å². The third kappa shape index (κ3) is 3.94. The summed E-state index contributed by atoms with van der Waals surface area (Å²) in [5.41, 5.74) is 1.14. The second-order valence-electron chi connectivity index (χ2n) is 4.90. The predicted molar refractivity (Wildman–Crippen MR) is 78.0 cm³/mol. The molecule has 100 valence electrons. The molecule has 0 unspecified atom stereocenters. The lowest BCUT2D eigenvalue weighted by Crippen LogP contribution is -2.37. The second kappa shape index (κ2) is 6.88. The van der Waals surface area contributed by atoms with Crippen LogP contribution in [0.5, 0.6) is 0 Å². The van der Waals surface area contributed by atoms with Gasteiger partial charge >= 0.3 is 0 Å². The van der Waals surface area contributed by atoms with Crippen LogP contribution in [0, 0.1) is 5.92 Å². The lowest BCUT2D eigenvalue weighted by atomic mass is 9.91. The molecule has 0 amide bonds. The minimum Gasteiger partial charge on any atom is -0.316 e. The highest BCUT2D eigenvalue weighted by molar-refractivity contribution is 9.10. The Bertz CT molecular complexity index is 399. The molecule has 1 saturated heterocycles. The van der Waals surface area contributed by atoms with Crippen molar-refractivity contribution in [3.8, 4) is 0 Å². The molecule has 1 N–H and O–H groups in total. The number of rotatable bonds is 4. The highest BCUT2D eigenvalue weighted by Gasteiger charge is 2.23. The number of aryl methyl sites for hydroxylation is 1. The zero-order valence-electron chi connectivity index (χ0n) is 10.3. The number of piperidine rings is 1. The normalized spacial score (nSPS) is 24.2. The molecule has 1 aliphatic heterocycles. The Hall–Kier alpha value is -0.120. The maximum Gasteiger partial charge on any atom is 0.105 e. The molecule has 0 aliphatic carbocycles. The van der Waals surface area contributed by atoms with Crippen LogP contribution in [0.3, 0.4) is 0 Å². The van der Waals surface area contributed by atoms with Gasteiger partial charge in [0.05, 0.1) is 0 Å². The van der Waals surface area contributed by atoms with E-state index >= 15 is 0 Å². The van der Waals surface area contributed by atoms with Crippen molar-refractivity contribution in [2.75, 3.05) is 13.1 Å². The first-order valence-electron chi connectivity index (χ1n) is 6.45. The van der Waals surface area contributed by atoms with Crippen LogP contribution in [0.2, 0.25) is 5.02 Å². The lowest BCUT2D eigenvalue weighted by molar-refractivity contribution is 0.168. The molecule has 2 atom stereocenters. The molecule has 2 rings (SSSR count). The van der Waals surface area contributed by atoms with E-state index in [0.717, 1.165) is 47.4 Å². The van der Waals surface area contributed by atoms with Gasteiger partial charge in [0.2, 0.25) is 0 Å². The predicted octanol–water partition coefficient (Wildman–Crippen LogP) is 4.37. The van der Waals surface area contributed by atoms with Crippen LogP contribution < -0.4 is 5.32 Å². The Morgan fingerprint density at radius 1 is 1.44 bits per heavy atom. The molecular formula is C14H18BrClFN. The van der Waals surface area contributed by atoms with Crippen LogP contribution in [0.1, 0.15) is 24.8 Å². The van der Waals surface area contributed by atoms with Crippen LogP contribution in [0.25, 0.3) is 0 Å². The first kappa shape index (κ1) is 14.3. The Kier molecular flexibility index (Phi) is 5.46.